The molecule has 0 N–H and O–H groups in total. The van der Waals surface area contributed by atoms with Gasteiger partial charge in [0.25, 0.3) is 0 Å². The molecule has 3 heterocycles. The van der Waals surface area contributed by atoms with E-state index in [2.05, 4.69) is 44.9 Å². The number of aromatic nitrogens is 1. The number of aliphatic imine (C=N–C) groups is 1. The number of hydrogen-bond acceptors (Lipinski definition) is 6. The van der Waals surface area contributed by atoms with Gasteiger partial charge in [-0.25, -0.2) is 0 Å². The van der Waals surface area contributed by atoms with Crippen LogP contribution in [-0.2, 0) is 0 Å². The Bertz CT molecular complexity index is 877. The quantitative estimate of drug-likeness (QED) is 0.588. The minimum atomic E-state index is -0.0729. The highest BCUT2D eigenvalue weighted by Crippen LogP contribution is 2.52. The zero-order valence-corrected chi connectivity index (χ0v) is 18.7. The van der Waals surface area contributed by atoms with E-state index in [0.717, 1.165) is 44.6 Å². The largest absolute Gasteiger partial charge is 0.493 e. The molecular weight excluding hydrogens is 438 g/mol. The SMILES string of the molecule is CCOc1c(OC)cc(Br)cc1C1C(c2ccccn2)N=C2SCC(CC)N21. The summed E-state index contributed by atoms with van der Waals surface area (Å²) >= 11 is 5.50. The lowest BCUT2D eigenvalue weighted by Gasteiger charge is -2.33. The molecule has 5 nitrogen and oxygen atoms in total. The summed E-state index contributed by atoms with van der Waals surface area (Å²) in [5.74, 6) is 2.59. The van der Waals surface area contributed by atoms with Crippen LogP contribution in [0.3, 0.4) is 0 Å². The molecule has 1 fully saturated rings. The lowest BCUT2D eigenvalue weighted by atomic mass is 9.94. The second kappa shape index (κ2) is 8.33. The van der Waals surface area contributed by atoms with E-state index >= 15 is 0 Å². The fourth-order valence-corrected chi connectivity index (χ4v) is 5.74. The van der Waals surface area contributed by atoms with Crippen LogP contribution in [0.25, 0.3) is 0 Å². The summed E-state index contributed by atoms with van der Waals surface area (Å²) in [5, 5.41) is 1.11. The van der Waals surface area contributed by atoms with Crippen LogP contribution in [0.1, 0.15) is 43.6 Å². The highest BCUT2D eigenvalue weighted by atomic mass is 79.9. The number of fused-ring (bicyclic) bond motifs is 1. The number of ether oxygens (including phenoxy) is 2. The molecule has 1 aromatic heterocycles. The van der Waals surface area contributed by atoms with Gasteiger partial charge >= 0.3 is 0 Å². The van der Waals surface area contributed by atoms with Gasteiger partial charge in [-0.15, -0.1) is 0 Å². The second-order valence-corrected chi connectivity index (χ2v) is 8.70. The molecule has 0 saturated carbocycles. The van der Waals surface area contributed by atoms with Crippen molar-refractivity contribution in [1.29, 1.82) is 0 Å². The number of pyridine rings is 1. The Morgan fingerprint density at radius 2 is 2.14 bits per heavy atom. The predicted octanol–water partition coefficient (Wildman–Crippen LogP) is 5.23. The molecule has 28 heavy (non-hydrogen) atoms. The van der Waals surface area contributed by atoms with Gasteiger partial charge in [-0.05, 0) is 37.6 Å². The fraction of sp³-hybridized carbons (Fsp3) is 0.429. The Hall–Kier alpha value is -1.73. The molecule has 2 aromatic rings. The average molecular weight is 462 g/mol. The monoisotopic (exact) mass is 461 g/mol. The fourth-order valence-electron chi connectivity index (χ4n) is 3.95. The molecule has 7 heteroatoms. The maximum atomic E-state index is 6.08. The predicted molar refractivity (Wildman–Crippen MR) is 117 cm³/mol. The molecule has 2 aliphatic heterocycles. The Morgan fingerprint density at radius 3 is 2.82 bits per heavy atom. The van der Waals surface area contributed by atoms with Crippen molar-refractivity contribution in [2.75, 3.05) is 19.5 Å². The molecule has 0 radical (unpaired) electrons. The van der Waals surface area contributed by atoms with Crippen molar-refractivity contribution < 1.29 is 9.47 Å². The molecule has 1 saturated heterocycles. The van der Waals surface area contributed by atoms with E-state index in [9.17, 15) is 0 Å². The normalized spacial score (nSPS) is 23.5. The molecule has 3 unspecified atom stereocenters. The summed E-state index contributed by atoms with van der Waals surface area (Å²) in [5.41, 5.74) is 2.06. The summed E-state index contributed by atoms with van der Waals surface area (Å²) in [6.07, 6.45) is 2.91. The van der Waals surface area contributed by atoms with E-state index in [1.807, 2.05) is 43.1 Å². The molecule has 0 amide bonds. The topological polar surface area (TPSA) is 47.0 Å². The third kappa shape index (κ3) is 3.39. The number of nitrogens with zero attached hydrogens (tertiary/aromatic N) is 3. The molecule has 0 spiro atoms. The van der Waals surface area contributed by atoms with Crippen molar-refractivity contribution in [3.63, 3.8) is 0 Å². The average Bonchev–Trinajstić information content (AvgIpc) is 3.28. The second-order valence-electron chi connectivity index (χ2n) is 6.80. The first-order chi connectivity index (χ1) is 13.7. The molecule has 0 bridgehead atoms. The van der Waals surface area contributed by atoms with Gasteiger partial charge in [-0.1, -0.05) is 40.7 Å². The van der Waals surface area contributed by atoms with Crippen LogP contribution in [0.4, 0.5) is 0 Å². The van der Waals surface area contributed by atoms with Crippen LogP contribution in [-0.4, -0.2) is 40.6 Å². The number of hydrogen-bond donors (Lipinski definition) is 0. The Balaban J connectivity index is 1.88. The molecule has 3 atom stereocenters. The summed E-state index contributed by atoms with van der Waals surface area (Å²) in [7, 11) is 1.68. The summed E-state index contributed by atoms with van der Waals surface area (Å²) in [4.78, 5) is 12.2. The van der Waals surface area contributed by atoms with Crippen molar-refractivity contribution in [2.45, 2.75) is 38.4 Å². The third-order valence-electron chi connectivity index (χ3n) is 5.21. The lowest BCUT2D eigenvalue weighted by molar-refractivity contribution is 0.240. The van der Waals surface area contributed by atoms with Gasteiger partial charge in [0, 0.05) is 28.0 Å². The maximum absolute atomic E-state index is 6.08. The van der Waals surface area contributed by atoms with E-state index in [4.69, 9.17) is 14.5 Å². The molecule has 4 rings (SSSR count). The van der Waals surface area contributed by atoms with Crippen molar-refractivity contribution in [3.8, 4) is 11.5 Å². The van der Waals surface area contributed by atoms with Gasteiger partial charge in [0.1, 0.15) is 6.04 Å². The van der Waals surface area contributed by atoms with Gasteiger partial charge in [0.05, 0.1) is 25.5 Å². The minimum absolute atomic E-state index is 0.0257. The third-order valence-corrected chi connectivity index (χ3v) is 6.79. The van der Waals surface area contributed by atoms with Gasteiger partial charge in [0.15, 0.2) is 16.7 Å². The van der Waals surface area contributed by atoms with E-state index < -0.39 is 0 Å². The van der Waals surface area contributed by atoms with Crippen molar-refractivity contribution in [3.05, 3.63) is 52.3 Å². The molecule has 2 aliphatic rings. The van der Waals surface area contributed by atoms with Crippen LogP contribution in [0.2, 0.25) is 0 Å². The first kappa shape index (κ1) is 19.6. The van der Waals surface area contributed by atoms with E-state index in [1.165, 1.54) is 0 Å². The summed E-state index contributed by atoms with van der Waals surface area (Å²) in [6, 6.07) is 10.5. The first-order valence-electron chi connectivity index (χ1n) is 9.58. The van der Waals surface area contributed by atoms with Gasteiger partial charge in [-0.2, -0.15) is 0 Å². The number of halogens is 1. The Morgan fingerprint density at radius 1 is 1.29 bits per heavy atom. The van der Waals surface area contributed by atoms with Crippen molar-refractivity contribution in [2.24, 2.45) is 4.99 Å². The number of rotatable bonds is 6. The summed E-state index contributed by atoms with van der Waals surface area (Å²) in [6.45, 7) is 4.81. The van der Waals surface area contributed by atoms with Crippen LogP contribution in [0.5, 0.6) is 11.5 Å². The van der Waals surface area contributed by atoms with Crippen molar-refractivity contribution in [1.82, 2.24) is 9.88 Å². The number of amidine groups is 1. The Kier molecular flexibility index (Phi) is 5.83. The zero-order chi connectivity index (χ0) is 19.7. The number of benzene rings is 1. The van der Waals surface area contributed by atoms with E-state index in [1.54, 1.807) is 7.11 Å². The smallest absolute Gasteiger partial charge is 0.166 e. The first-order valence-corrected chi connectivity index (χ1v) is 11.4. The van der Waals surface area contributed by atoms with Crippen molar-refractivity contribution >= 4 is 32.9 Å². The highest BCUT2D eigenvalue weighted by molar-refractivity contribution is 9.10. The lowest BCUT2D eigenvalue weighted by Crippen LogP contribution is -2.35. The van der Waals surface area contributed by atoms with Crippen LogP contribution in [0.15, 0.2) is 46.0 Å². The molecule has 0 aliphatic carbocycles. The zero-order valence-electron chi connectivity index (χ0n) is 16.3. The number of methoxy groups -OCH3 is 1. The van der Waals surface area contributed by atoms with Crippen LogP contribution in [0, 0.1) is 0 Å². The number of thioether (sulfide) groups is 1. The van der Waals surface area contributed by atoms with Gasteiger partial charge in [-0.3, -0.25) is 9.98 Å². The van der Waals surface area contributed by atoms with E-state index in [0.29, 0.717) is 12.6 Å². The maximum Gasteiger partial charge on any atom is 0.166 e. The standard InChI is InChI=1S/C21H24BrN3O2S/c1-4-14-12-28-21-24-18(16-8-6-7-9-23-16)19(25(14)21)15-10-13(22)11-17(26-3)20(15)27-5-2/h6-11,14,18-19H,4-5,12H2,1-3H3. The summed E-state index contributed by atoms with van der Waals surface area (Å²) < 4.78 is 12.7. The molecular formula is C21H24BrN3O2S. The Labute approximate surface area is 178 Å². The van der Waals surface area contributed by atoms with E-state index in [-0.39, 0.29) is 12.1 Å². The van der Waals surface area contributed by atoms with Gasteiger partial charge < -0.3 is 14.4 Å². The highest BCUT2D eigenvalue weighted by Gasteiger charge is 2.46. The molecule has 1 aromatic carbocycles. The van der Waals surface area contributed by atoms with Crippen LogP contribution >= 0.6 is 27.7 Å². The van der Waals surface area contributed by atoms with Gasteiger partial charge in [0.2, 0.25) is 0 Å². The van der Waals surface area contributed by atoms with Crippen LogP contribution < -0.4 is 9.47 Å². The molecule has 148 valence electrons. The minimum Gasteiger partial charge on any atom is -0.493 e.